The van der Waals surface area contributed by atoms with Crippen LogP contribution in [-0.2, 0) is 6.54 Å². The highest BCUT2D eigenvalue weighted by Crippen LogP contribution is 2.32. The Morgan fingerprint density at radius 1 is 1.47 bits per heavy atom. The molecule has 0 saturated heterocycles. The predicted molar refractivity (Wildman–Crippen MR) is 46.5 cm³/mol. The number of aromatic nitrogens is 1. The molecule has 8 heteroatoms. The van der Waals surface area contributed by atoms with E-state index in [9.17, 15) is 17.6 Å². The fourth-order valence-corrected chi connectivity index (χ4v) is 1.37. The van der Waals surface area contributed by atoms with Gasteiger partial charge in [0, 0.05) is 12.1 Å². The van der Waals surface area contributed by atoms with Crippen molar-refractivity contribution in [3.63, 3.8) is 0 Å². The molecule has 3 nitrogen and oxygen atoms in total. The van der Waals surface area contributed by atoms with E-state index in [-0.39, 0.29) is 16.6 Å². The lowest BCUT2D eigenvalue weighted by Crippen LogP contribution is -2.18. The molecule has 0 saturated carbocycles. The quantitative estimate of drug-likeness (QED) is 0.671. The van der Waals surface area contributed by atoms with Gasteiger partial charge in [-0.1, -0.05) is 0 Å². The van der Waals surface area contributed by atoms with E-state index in [0.717, 1.165) is 0 Å². The second-order valence-electron chi connectivity index (χ2n) is 2.46. The Bertz CT molecular complexity index is 369. The van der Waals surface area contributed by atoms with Crippen LogP contribution in [0.3, 0.4) is 0 Å². The van der Waals surface area contributed by atoms with Gasteiger partial charge in [0.1, 0.15) is 0 Å². The Labute approximate surface area is 90.4 Å². The van der Waals surface area contributed by atoms with Gasteiger partial charge >= 0.3 is 6.36 Å². The fourth-order valence-electron chi connectivity index (χ4n) is 0.859. The van der Waals surface area contributed by atoms with E-state index < -0.39 is 18.1 Å². The topological polar surface area (TPSA) is 48.1 Å². The summed E-state index contributed by atoms with van der Waals surface area (Å²) in [5.41, 5.74) is 4.97. The van der Waals surface area contributed by atoms with Crippen LogP contribution in [0.2, 0.25) is 0 Å². The fraction of sp³-hybridized carbons (Fsp3) is 0.286. The first-order valence-electron chi connectivity index (χ1n) is 3.64. The molecule has 0 unspecified atom stereocenters. The van der Waals surface area contributed by atoms with Gasteiger partial charge in [-0.25, -0.2) is 4.98 Å². The van der Waals surface area contributed by atoms with Crippen LogP contribution in [0.25, 0.3) is 0 Å². The smallest absolute Gasteiger partial charge is 0.403 e. The summed E-state index contributed by atoms with van der Waals surface area (Å²) in [6.45, 7) is -0.283. The summed E-state index contributed by atoms with van der Waals surface area (Å²) < 4.78 is 51.9. The number of nitrogens with zero attached hydrogens (tertiary/aromatic N) is 1. The van der Waals surface area contributed by atoms with Crippen molar-refractivity contribution >= 4 is 15.9 Å². The molecule has 1 aromatic rings. The van der Waals surface area contributed by atoms with Crippen LogP contribution in [0.4, 0.5) is 17.6 Å². The van der Waals surface area contributed by atoms with Crippen molar-refractivity contribution < 1.29 is 22.3 Å². The van der Waals surface area contributed by atoms with Gasteiger partial charge in [-0.15, -0.1) is 13.2 Å². The zero-order chi connectivity index (χ0) is 11.6. The van der Waals surface area contributed by atoms with E-state index >= 15 is 0 Å². The third-order valence-electron chi connectivity index (χ3n) is 1.46. The van der Waals surface area contributed by atoms with Gasteiger partial charge < -0.3 is 10.5 Å². The number of halogens is 5. The maximum absolute atomic E-state index is 12.9. The van der Waals surface area contributed by atoms with E-state index in [4.69, 9.17) is 5.73 Å². The summed E-state index contributed by atoms with van der Waals surface area (Å²) in [6.07, 6.45) is -4.22. The van der Waals surface area contributed by atoms with Gasteiger partial charge in [0.05, 0.1) is 10.7 Å². The maximum atomic E-state index is 12.9. The number of alkyl halides is 3. The molecular formula is C7H5BrF4N2O. The molecule has 1 rings (SSSR count). The Hall–Kier alpha value is -0.890. The largest absolute Gasteiger partial charge is 0.573 e. The Balaban J connectivity index is 3.11. The number of rotatable bonds is 2. The monoisotopic (exact) mass is 288 g/mol. The van der Waals surface area contributed by atoms with Crippen molar-refractivity contribution in [2.75, 3.05) is 0 Å². The molecule has 0 aliphatic heterocycles. The van der Waals surface area contributed by atoms with E-state index in [2.05, 4.69) is 25.7 Å². The summed E-state index contributed by atoms with van der Waals surface area (Å²) in [4.78, 5) is 3.09. The Morgan fingerprint density at radius 2 is 2.07 bits per heavy atom. The van der Waals surface area contributed by atoms with E-state index in [1.165, 1.54) is 0 Å². The number of hydrogen-bond donors (Lipinski definition) is 1. The standard InChI is InChI=1S/C7H5BrF4N2O/c8-5-3(1-13)6(9)14-2-4(5)15-7(10,11)12/h2H,1,13H2. The molecule has 1 heterocycles. The second-order valence-corrected chi connectivity index (χ2v) is 3.25. The van der Waals surface area contributed by atoms with Crippen LogP contribution in [0, 0.1) is 5.95 Å². The summed E-state index contributed by atoms with van der Waals surface area (Å²) in [5.74, 6) is -1.55. The second kappa shape index (κ2) is 4.31. The summed E-state index contributed by atoms with van der Waals surface area (Å²) in [5, 5.41) is 0. The zero-order valence-electron chi connectivity index (χ0n) is 7.11. The van der Waals surface area contributed by atoms with Crippen LogP contribution in [0.5, 0.6) is 5.75 Å². The van der Waals surface area contributed by atoms with Gasteiger partial charge in [-0.05, 0) is 15.9 Å². The van der Waals surface area contributed by atoms with Gasteiger partial charge in [-0.3, -0.25) is 0 Å². The molecule has 15 heavy (non-hydrogen) atoms. The van der Waals surface area contributed by atoms with E-state index in [1.807, 2.05) is 0 Å². The van der Waals surface area contributed by atoms with Crippen LogP contribution in [0.1, 0.15) is 5.56 Å². The number of hydrogen-bond acceptors (Lipinski definition) is 3. The Morgan fingerprint density at radius 3 is 2.53 bits per heavy atom. The maximum Gasteiger partial charge on any atom is 0.573 e. The molecule has 2 N–H and O–H groups in total. The normalized spacial score (nSPS) is 11.6. The molecule has 0 amide bonds. The van der Waals surface area contributed by atoms with Crippen molar-refractivity contribution in [2.45, 2.75) is 12.9 Å². The minimum Gasteiger partial charge on any atom is -0.403 e. The van der Waals surface area contributed by atoms with Crippen molar-refractivity contribution in [3.05, 3.63) is 22.2 Å². The molecule has 1 aromatic heterocycles. The molecule has 0 radical (unpaired) electrons. The number of nitrogens with two attached hydrogens (primary N) is 1. The van der Waals surface area contributed by atoms with Crippen molar-refractivity contribution in [2.24, 2.45) is 5.73 Å². The van der Waals surface area contributed by atoms with Crippen molar-refractivity contribution in [3.8, 4) is 5.75 Å². The highest BCUT2D eigenvalue weighted by atomic mass is 79.9. The third-order valence-corrected chi connectivity index (χ3v) is 2.32. The molecular weight excluding hydrogens is 284 g/mol. The average Bonchev–Trinajstić information content (AvgIpc) is 2.09. The lowest BCUT2D eigenvalue weighted by molar-refractivity contribution is -0.275. The molecule has 0 atom stereocenters. The minimum atomic E-state index is -4.85. The summed E-state index contributed by atoms with van der Waals surface area (Å²) in [6, 6.07) is 0. The third kappa shape index (κ3) is 3.03. The summed E-state index contributed by atoms with van der Waals surface area (Å²) >= 11 is 2.76. The van der Waals surface area contributed by atoms with Gasteiger partial charge in [0.15, 0.2) is 5.75 Å². The van der Waals surface area contributed by atoms with Gasteiger partial charge in [0.2, 0.25) is 5.95 Å². The van der Waals surface area contributed by atoms with Gasteiger partial charge in [-0.2, -0.15) is 4.39 Å². The zero-order valence-corrected chi connectivity index (χ0v) is 8.69. The minimum absolute atomic E-state index is 0.170. The van der Waals surface area contributed by atoms with Crippen LogP contribution < -0.4 is 10.5 Å². The van der Waals surface area contributed by atoms with E-state index in [1.54, 1.807) is 0 Å². The predicted octanol–water partition coefficient (Wildman–Crippen LogP) is 2.34. The summed E-state index contributed by atoms with van der Waals surface area (Å²) in [7, 11) is 0. The van der Waals surface area contributed by atoms with Crippen LogP contribution in [0.15, 0.2) is 10.7 Å². The van der Waals surface area contributed by atoms with Crippen LogP contribution >= 0.6 is 15.9 Å². The molecule has 0 aliphatic carbocycles. The lowest BCUT2D eigenvalue weighted by atomic mass is 10.3. The van der Waals surface area contributed by atoms with E-state index in [0.29, 0.717) is 6.20 Å². The SMILES string of the molecule is NCc1c(F)ncc(OC(F)(F)F)c1Br. The molecule has 0 fully saturated rings. The molecule has 0 aromatic carbocycles. The molecule has 0 aliphatic rings. The highest BCUT2D eigenvalue weighted by Gasteiger charge is 2.32. The first kappa shape index (κ1) is 12.2. The van der Waals surface area contributed by atoms with Gasteiger partial charge in [0.25, 0.3) is 0 Å². The molecule has 0 spiro atoms. The first-order chi connectivity index (χ1) is 6.85. The number of pyridine rings is 1. The average molecular weight is 289 g/mol. The number of ether oxygens (including phenoxy) is 1. The molecule has 0 bridgehead atoms. The lowest BCUT2D eigenvalue weighted by Gasteiger charge is -2.12. The molecule has 84 valence electrons. The first-order valence-corrected chi connectivity index (χ1v) is 4.43. The Kier molecular flexibility index (Phi) is 3.50. The highest BCUT2D eigenvalue weighted by molar-refractivity contribution is 9.10. The van der Waals surface area contributed by atoms with Crippen molar-refractivity contribution in [1.82, 2.24) is 4.98 Å². The van der Waals surface area contributed by atoms with Crippen LogP contribution in [-0.4, -0.2) is 11.3 Å². The van der Waals surface area contributed by atoms with Crippen molar-refractivity contribution in [1.29, 1.82) is 0 Å².